The minimum atomic E-state index is -3.43. The monoisotopic (exact) mass is 239 g/mol. The molecule has 84 valence electrons. The van der Waals surface area contributed by atoms with Crippen molar-refractivity contribution in [2.75, 3.05) is 20.6 Å². The molecule has 0 saturated carbocycles. The van der Waals surface area contributed by atoms with E-state index in [-0.39, 0.29) is 17.6 Å². The van der Waals surface area contributed by atoms with Crippen LogP contribution < -0.4 is 5.73 Å². The Kier molecular flexibility index (Phi) is 4.93. The van der Waals surface area contributed by atoms with E-state index in [9.17, 15) is 8.42 Å². The van der Waals surface area contributed by atoms with Crippen molar-refractivity contribution in [1.82, 2.24) is 8.61 Å². The van der Waals surface area contributed by atoms with Gasteiger partial charge in [-0.05, 0) is 13.8 Å². The van der Waals surface area contributed by atoms with Gasteiger partial charge in [0.05, 0.1) is 11.5 Å². The third-order valence-electron chi connectivity index (χ3n) is 1.86. The van der Waals surface area contributed by atoms with Crippen LogP contribution in [0.2, 0.25) is 0 Å². The molecule has 0 saturated heterocycles. The van der Waals surface area contributed by atoms with E-state index in [0.717, 1.165) is 4.31 Å². The van der Waals surface area contributed by atoms with Crippen molar-refractivity contribution < 1.29 is 8.42 Å². The summed E-state index contributed by atoms with van der Waals surface area (Å²) < 4.78 is 25.9. The highest BCUT2D eigenvalue weighted by Crippen LogP contribution is 2.07. The van der Waals surface area contributed by atoms with Crippen LogP contribution in [-0.4, -0.2) is 48.7 Å². The third kappa shape index (κ3) is 3.49. The van der Waals surface area contributed by atoms with Crippen LogP contribution in [0.15, 0.2) is 0 Å². The number of hydrogen-bond acceptors (Lipinski definition) is 3. The number of rotatable bonds is 5. The first kappa shape index (κ1) is 13.8. The Labute approximate surface area is 91.0 Å². The predicted octanol–water partition coefficient (Wildman–Crippen LogP) is -0.211. The molecule has 0 unspecified atom stereocenters. The summed E-state index contributed by atoms with van der Waals surface area (Å²) in [7, 11) is -0.459. The number of hydrogen-bond donors (Lipinski definition) is 1. The molecule has 0 heterocycles. The number of likely N-dealkylation sites (N-methyl/N-ethyl adjacent to an activating group) is 1. The Morgan fingerprint density at radius 3 is 2.14 bits per heavy atom. The Morgan fingerprint density at radius 2 is 1.86 bits per heavy atom. The molecule has 0 aliphatic rings. The fraction of sp³-hybridized carbons (Fsp3) is 0.857. The highest BCUT2D eigenvalue weighted by atomic mass is 32.2. The molecule has 0 amide bonds. The van der Waals surface area contributed by atoms with Crippen molar-refractivity contribution >= 4 is 27.4 Å². The zero-order valence-electron chi connectivity index (χ0n) is 8.89. The van der Waals surface area contributed by atoms with Gasteiger partial charge in [-0.2, -0.15) is 17.0 Å². The molecule has 0 bridgehead atoms. The van der Waals surface area contributed by atoms with E-state index in [1.165, 1.54) is 18.4 Å². The highest BCUT2D eigenvalue weighted by molar-refractivity contribution is 7.86. The summed E-state index contributed by atoms with van der Waals surface area (Å²) in [5.74, 6) is 0. The smallest absolute Gasteiger partial charge is 0.282 e. The number of nitrogens with two attached hydrogens (primary N) is 1. The van der Waals surface area contributed by atoms with E-state index in [1.54, 1.807) is 13.8 Å². The van der Waals surface area contributed by atoms with Gasteiger partial charge in [-0.3, -0.25) is 0 Å². The van der Waals surface area contributed by atoms with E-state index >= 15 is 0 Å². The lowest BCUT2D eigenvalue weighted by molar-refractivity contribution is 0.369. The standard InChI is InChI=1S/C7H17N3O2S2/c1-6(2)10(4)14(11,12)9(3)5-7(8)13/h6H,5H2,1-4H3,(H2,8,13). The van der Waals surface area contributed by atoms with Crippen LogP contribution >= 0.6 is 12.2 Å². The molecule has 0 aromatic rings. The van der Waals surface area contributed by atoms with Gasteiger partial charge in [-0.25, -0.2) is 0 Å². The Bertz CT molecular complexity index is 300. The average molecular weight is 239 g/mol. The van der Waals surface area contributed by atoms with Gasteiger partial charge in [0.1, 0.15) is 0 Å². The summed E-state index contributed by atoms with van der Waals surface area (Å²) in [4.78, 5) is 0.160. The molecule has 0 rings (SSSR count). The fourth-order valence-corrected chi connectivity index (χ4v) is 2.34. The second-order valence-corrected chi connectivity index (χ2v) is 5.96. The van der Waals surface area contributed by atoms with Gasteiger partial charge in [0.25, 0.3) is 10.2 Å². The highest BCUT2D eigenvalue weighted by Gasteiger charge is 2.25. The summed E-state index contributed by atoms with van der Waals surface area (Å²) in [6, 6.07) is -0.0891. The molecule has 2 N–H and O–H groups in total. The minimum absolute atomic E-state index is 0.0642. The second-order valence-electron chi connectivity index (χ2n) is 3.34. The quantitative estimate of drug-likeness (QED) is 0.674. The van der Waals surface area contributed by atoms with E-state index in [1.807, 2.05) is 0 Å². The van der Waals surface area contributed by atoms with Crippen LogP contribution in [0, 0.1) is 0 Å². The maximum Gasteiger partial charge on any atom is 0.282 e. The van der Waals surface area contributed by atoms with Gasteiger partial charge >= 0.3 is 0 Å². The largest absolute Gasteiger partial charge is 0.392 e. The number of nitrogens with zero attached hydrogens (tertiary/aromatic N) is 2. The lowest BCUT2D eigenvalue weighted by atomic mass is 10.4. The third-order valence-corrected chi connectivity index (χ3v) is 4.06. The van der Waals surface area contributed by atoms with Gasteiger partial charge in [-0.1, -0.05) is 12.2 Å². The van der Waals surface area contributed by atoms with Gasteiger partial charge in [0, 0.05) is 20.1 Å². The van der Waals surface area contributed by atoms with Crippen LogP contribution in [0.4, 0.5) is 0 Å². The predicted molar refractivity (Wildman–Crippen MR) is 61.2 cm³/mol. The first-order valence-electron chi connectivity index (χ1n) is 4.17. The van der Waals surface area contributed by atoms with Crippen molar-refractivity contribution in [3.63, 3.8) is 0 Å². The zero-order chi connectivity index (χ0) is 11.5. The topological polar surface area (TPSA) is 66.6 Å². The van der Waals surface area contributed by atoms with E-state index in [4.69, 9.17) is 5.73 Å². The zero-order valence-corrected chi connectivity index (χ0v) is 10.5. The van der Waals surface area contributed by atoms with Crippen molar-refractivity contribution in [2.45, 2.75) is 19.9 Å². The average Bonchev–Trinajstić information content (AvgIpc) is 2.01. The summed E-state index contributed by atoms with van der Waals surface area (Å²) in [5.41, 5.74) is 5.27. The summed E-state index contributed by atoms with van der Waals surface area (Å²) >= 11 is 4.65. The van der Waals surface area contributed by atoms with Crippen LogP contribution in [0.3, 0.4) is 0 Å². The molecule has 0 aromatic heterocycles. The molecule has 14 heavy (non-hydrogen) atoms. The number of thiocarbonyl (C=S) groups is 1. The Hall–Kier alpha value is -0.240. The summed E-state index contributed by atoms with van der Waals surface area (Å²) in [6.07, 6.45) is 0. The van der Waals surface area contributed by atoms with Gasteiger partial charge in [0.2, 0.25) is 0 Å². The molecule has 5 nitrogen and oxygen atoms in total. The van der Waals surface area contributed by atoms with Gasteiger partial charge in [-0.15, -0.1) is 0 Å². The Balaban J connectivity index is 4.70. The van der Waals surface area contributed by atoms with Crippen LogP contribution in [-0.2, 0) is 10.2 Å². The summed E-state index contributed by atoms with van der Waals surface area (Å²) in [6.45, 7) is 3.66. The normalized spacial score (nSPS) is 12.8. The summed E-state index contributed by atoms with van der Waals surface area (Å²) in [5, 5.41) is 0. The molecule has 0 atom stereocenters. The maximum atomic E-state index is 11.7. The van der Waals surface area contributed by atoms with Crippen molar-refractivity contribution in [2.24, 2.45) is 5.73 Å². The molecule has 0 spiro atoms. The van der Waals surface area contributed by atoms with E-state index < -0.39 is 10.2 Å². The molecule has 0 radical (unpaired) electrons. The second kappa shape index (κ2) is 5.01. The van der Waals surface area contributed by atoms with Crippen molar-refractivity contribution in [3.8, 4) is 0 Å². The SMILES string of the molecule is CC(C)N(C)S(=O)(=O)N(C)CC(N)=S. The molecular formula is C7H17N3O2S2. The van der Waals surface area contributed by atoms with Crippen LogP contribution in [0.5, 0.6) is 0 Å². The Morgan fingerprint density at radius 1 is 1.43 bits per heavy atom. The molecule has 0 aliphatic carbocycles. The van der Waals surface area contributed by atoms with Crippen LogP contribution in [0.1, 0.15) is 13.8 Å². The van der Waals surface area contributed by atoms with Crippen molar-refractivity contribution in [1.29, 1.82) is 0 Å². The molecule has 0 aromatic carbocycles. The minimum Gasteiger partial charge on any atom is -0.392 e. The molecule has 7 heteroatoms. The molecule has 0 fully saturated rings. The van der Waals surface area contributed by atoms with E-state index in [0.29, 0.717) is 0 Å². The maximum absolute atomic E-state index is 11.7. The molecule has 0 aliphatic heterocycles. The van der Waals surface area contributed by atoms with Gasteiger partial charge < -0.3 is 5.73 Å². The first-order valence-corrected chi connectivity index (χ1v) is 5.97. The van der Waals surface area contributed by atoms with E-state index in [2.05, 4.69) is 12.2 Å². The fourth-order valence-electron chi connectivity index (χ4n) is 0.787. The van der Waals surface area contributed by atoms with Crippen LogP contribution in [0.25, 0.3) is 0 Å². The molecular weight excluding hydrogens is 222 g/mol. The lowest BCUT2D eigenvalue weighted by Crippen LogP contribution is -2.45. The lowest BCUT2D eigenvalue weighted by Gasteiger charge is -2.26. The van der Waals surface area contributed by atoms with Gasteiger partial charge in [0.15, 0.2) is 0 Å². The van der Waals surface area contributed by atoms with Crippen molar-refractivity contribution in [3.05, 3.63) is 0 Å². The first-order chi connectivity index (χ1) is 6.19.